The van der Waals surface area contributed by atoms with E-state index in [0.717, 1.165) is 5.01 Å². The third-order valence-corrected chi connectivity index (χ3v) is 4.77. The summed E-state index contributed by atoms with van der Waals surface area (Å²) in [6.45, 7) is 3.43. The largest absolute Gasteiger partial charge is 0.482 e. The minimum atomic E-state index is -1.13. The number of hydrogen-bond acceptors (Lipinski definition) is 7. The van der Waals surface area contributed by atoms with Crippen molar-refractivity contribution in [3.05, 3.63) is 28.8 Å². The highest BCUT2D eigenvalue weighted by molar-refractivity contribution is 7.15. The number of anilines is 2. The molecule has 2 heterocycles. The van der Waals surface area contributed by atoms with Crippen LogP contribution in [0.4, 0.5) is 10.8 Å². The molecule has 26 heavy (non-hydrogen) atoms. The molecular weight excluding hydrogens is 360 g/mol. The Hall–Kier alpha value is -3.01. The topological polar surface area (TPSA) is 122 Å². The van der Waals surface area contributed by atoms with Crippen LogP contribution in [0, 0.1) is 0 Å². The van der Waals surface area contributed by atoms with Crippen molar-refractivity contribution in [2.45, 2.75) is 19.8 Å². The van der Waals surface area contributed by atoms with Gasteiger partial charge in [-0.05, 0) is 18.2 Å². The fourth-order valence-electron chi connectivity index (χ4n) is 2.33. The number of aromatic carboxylic acids is 1. The first-order chi connectivity index (χ1) is 12.3. The summed E-state index contributed by atoms with van der Waals surface area (Å²) >= 11 is 1.26. The average Bonchev–Trinajstić information content (AvgIpc) is 3.05. The van der Waals surface area contributed by atoms with Crippen LogP contribution in [0.1, 0.15) is 35.1 Å². The number of nitrogens with zero attached hydrogens (tertiary/aromatic N) is 3. The van der Waals surface area contributed by atoms with Crippen LogP contribution in [-0.2, 0) is 9.59 Å². The first-order valence-electron chi connectivity index (χ1n) is 7.79. The average molecular weight is 376 g/mol. The molecule has 0 saturated heterocycles. The molecular formula is C16H16N4O5S. The van der Waals surface area contributed by atoms with E-state index in [0.29, 0.717) is 10.9 Å². The quantitative estimate of drug-likeness (QED) is 0.815. The minimum absolute atomic E-state index is 0.00171. The molecule has 0 atom stereocenters. The Morgan fingerprint density at radius 3 is 2.81 bits per heavy atom. The predicted octanol–water partition coefficient (Wildman–Crippen LogP) is 1.72. The lowest BCUT2D eigenvalue weighted by Gasteiger charge is -2.28. The Labute approximate surface area is 152 Å². The van der Waals surface area contributed by atoms with E-state index in [4.69, 9.17) is 9.84 Å². The van der Waals surface area contributed by atoms with Gasteiger partial charge in [-0.1, -0.05) is 25.2 Å². The maximum Gasteiger partial charge on any atom is 0.335 e. The first kappa shape index (κ1) is 17.8. The molecule has 0 bridgehead atoms. The van der Waals surface area contributed by atoms with E-state index in [1.165, 1.54) is 34.4 Å². The second kappa shape index (κ2) is 7.08. The molecule has 3 rings (SSSR count). The second-order valence-corrected chi connectivity index (χ2v) is 6.91. The summed E-state index contributed by atoms with van der Waals surface area (Å²) < 4.78 is 5.29. The number of carbonyl (C=O) groups is 3. The van der Waals surface area contributed by atoms with Gasteiger partial charge in [0.25, 0.3) is 5.91 Å². The molecule has 2 amide bonds. The van der Waals surface area contributed by atoms with Crippen molar-refractivity contribution in [2.24, 2.45) is 0 Å². The molecule has 0 saturated carbocycles. The monoisotopic (exact) mass is 376 g/mol. The van der Waals surface area contributed by atoms with Crippen LogP contribution in [0.25, 0.3) is 0 Å². The number of ether oxygens (including phenoxy) is 1. The summed E-state index contributed by atoms with van der Waals surface area (Å²) in [7, 11) is 0. The number of nitrogens with one attached hydrogen (secondary N) is 1. The molecule has 10 heteroatoms. The van der Waals surface area contributed by atoms with Crippen LogP contribution in [0.15, 0.2) is 18.2 Å². The van der Waals surface area contributed by atoms with Crippen molar-refractivity contribution in [1.29, 1.82) is 0 Å². The number of benzene rings is 1. The molecule has 0 fully saturated rings. The van der Waals surface area contributed by atoms with Crippen molar-refractivity contribution >= 4 is 39.9 Å². The van der Waals surface area contributed by atoms with Crippen LogP contribution in [-0.4, -0.2) is 46.2 Å². The van der Waals surface area contributed by atoms with Crippen molar-refractivity contribution in [1.82, 2.24) is 10.2 Å². The lowest BCUT2D eigenvalue weighted by molar-refractivity contribution is -0.123. The maximum atomic E-state index is 12.3. The summed E-state index contributed by atoms with van der Waals surface area (Å²) in [6.07, 6.45) is 0. The Kier molecular flexibility index (Phi) is 4.85. The van der Waals surface area contributed by atoms with E-state index in [1.807, 2.05) is 13.8 Å². The number of fused-ring (bicyclic) bond motifs is 1. The van der Waals surface area contributed by atoms with Crippen LogP contribution in [0.2, 0.25) is 0 Å². The SMILES string of the molecule is CC(C)c1nnc(NC(=O)CN2C(=O)COc3ccc(C(=O)O)cc32)s1. The minimum Gasteiger partial charge on any atom is -0.482 e. The number of hydrogen-bond donors (Lipinski definition) is 2. The molecule has 2 N–H and O–H groups in total. The van der Waals surface area contributed by atoms with E-state index < -0.39 is 17.8 Å². The van der Waals surface area contributed by atoms with E-state index in [2.05, 4.69) is 15.5 Å². The standard InChI is InChI=1S/C16H16N4O5S/c1-8(2)14-18-19-16(26-14)17-12(21)6-20-10-5-9(15(23)24)3-4-11(10)25-7-13(20)22/h3-5,8H,6-7H2,1-2H3,(H,23,24)(H,17,19,21). The number of rotatable bonds is 5. The van der Waals surface area contributed by atoms with Crippen LogP contribution < -0.4 is 15.0 Å². The van der Waals surface area contributed by atoms with E-state index in [1.54, 1.807) is 0 Å². The van der Waals surface area contributed by atoms with Gasteiger partial charge in [0.05, 0.1) is 11.3 Å². The Bertz CT molecular complexity index is 879. The summed E-state index contributed by atoms with van der Waals surface area (Å²) in [5.74, 6) is -1.49. The van der Waals surface area contributed by atoms with E-state index in [9.17, 15) is 14.4 Å². The summed E-state index contributed by atoms with van der Waals surface area (Å²) in [4.78, 5) is 36.8. The van der Waals surface area contributed by atoms with Gasteiger partial charge in [0.15, 0.2) is 6.61 Å². The Morgan fingerprint density at radius 2 is 2.15 bits per heavy atom. The predicted molar refractivity (Wildman–Crippen MR) is 93.9 cm³/mol. The molecule has 0 radical (unpaired) electrons. The molecule has 0 unspecified atom stereocenters. The summed E-state index contributed by atoms with van der Waals surface area (Å²) in [6, 6.07) is 4.16. The smallest absolute Gasteiger partial charge is 0.335 e. The van der Waals surface area contributed by atoms with Gasteiger partial charge >= 0.3 is 5.97 Å². The molecule has 2 aromatic rings. The highest BCUT2D eigenvalue weighted by atomic mass is 32.1. The number of carboxylic acid groups (broad SMARTS) is 1. The molecule has 0 spiro atoms. The number of carboxylic acids is 1. The van der Waals surface area contributed by atoms with Crippen molar-refractivity contribution in [2.75, 3.05) is 23.4 Å². The van der Waals surface area contributed by atoms with Crippen molar-refractivity contribution in [3.8, 4) is 5.75 Å². The number of carbonyl (C=O) groups excluding carboxylic acids is 2. The summed E-state index contributed by atoms with van der Waals surface area (Å²) in [5.41, 5.74) is 0.245. The normalized spacial score (nSPS) is 13.3. The van der Waals surface area contributed by atoms with Gasteiger partial charge in [-0.3, -0.25) is 19.8 Å². The van der Waals surface area contributed by atoms with E-state index >= 15 is 0 Å². The molecule has 0 aliphatic carbocycles. The number of amides is 2. The van der Waals surface area contributed by atoms with Crippen LogP contribution in [0.3, 0.4) is 0 Å². The van der Waals surface area contributed by atoms with Crippen LogP contribution in [0.5, 0.6) is 5.75 Å². The highest BCUT2D eigenvalue weighted by Gasteiger charge is 2.28. The third kappa shape index (κ3) is 3.64. The molecule has 1 aromatic carbocycles. The fourth-order valence-corrected chi connectivity index (χ4v) is 3.09. The zero-order valence-electron chi connectivity index (χ0n) is 14.1. The molecule has 1 aliphatic heterocycles. The first-order valence-corrected chi connectivity index (χ1v) is 8.60. The molecule has 136 valence electrons. The Morgan fingerprint density at radius 1 is 1.38 bits per heavy atom. The van der Waals surface area contributed by atoms with Gasteiger partial charge in [0.2, 0.25) is 11.0 Å². The number of aromatic nitrogens is 2. The van der Waals surface area contributed by atoms with Gasteiger partial charge in [0.1, 0.15) is 17.3 Å². The summed E-state index contributed by atoms with van der Waals surface area (Å²) in [5, 5.41) is 20.8. The van der Waals surface area contributed by atoms with Crippen LogP contribution >= 0.6 is 11.3 Å². The van der Waals surface area contributed by atoms with Gasteiger partial charge in [0, 0.05) is 5.92 Å². The Balaban J connectivity index is 1.78. The van der Waals surface area contributed by atoms with Gasteiger partial charge in [-0.25, -0.2) is 4.79 Å². The zero-order chi connectivity index (χ0) is 18.8. The highest BCUT2D eigenvalue weighted by Crippen LogP contribution is 2.33. The van der Waals surface area contributed by atoms with Crippen molar-refractivity contribution in [3.63, 3.8) is 0 Å². The zero-order valence-corrected chi connectivity index (χ0v) is 14.9. The van der Waals surface area contributed by atoms with E-state index in [-0.39, 0.29) is 30.3 Å². The van der Waals surface area contributed by atoms with Crippen molar-refractivity contribution < 1.29 is 24.2 Å². The lowest BCUT2D eigenvalue weighted by Crippen LogP contribution is -2.43. The van der Waals surface area contributed by atoms with Gasteiger partial charge < -0.3 is 9.84 Å². The molecule has 1 aromatic heterocycles. The van der Waals surface area contributed by atoms with Gasteiger partial charge in [-0.15, -0.1) is 10.2 Å². The fraction of sp³-hybridized carbons (Fsp3) is 0.312. The maximum absolute atomic E-state index is 12.3. The molecule has 9 nitrogen and oxygen atoms in total. The molecule has 1 aliphatic rings. The van der Waals surface area contributed by atoms with Gasteiger partial charge in [-0.2, -0.15) is 0 Å². The lowest BCUT2D eigenvalue weighted by atomic mass is 10.1. The third-order valence-electron chi connectivity index (χ3n) is 3.63. The second-order valence-electron chi connectivity index (χ2n) is 5.90.